The summed E-state index contributed by atoms with van der Waals surface area (Å²) in [5, 5.41) is 3.10. The molecule has 1 atom stereocenters. The summed E-state index contributed by atoms with van der Waals surface area (Å²) in [4.78, 5) is 48.8. The van der Waals surface area contributed by atoms with Crippen LogP contribution in [0.15, 0.2) is 82.0 Å². The summed E-state index contributed by atoms with van der Waals surface area (Å²) in [6.45, 7) is 5.49. The van der Waals surface area contributed by atoms with Crippen LogP contribution < -0.4 is 0 Å². The first-order valence-corrected chi connectivity index (χ1v) is 14.0. The molecule has 1 unspecified atom stereocenters. The Morgan fingerprint density at radius 2 is 1.67 bits per heavy atom. The Bertz CT molecular complexity index is 1380. The molecule has 0 N–H and O–H groups in total. The summed E-state index contributed by atoms with van der Waals surface area (Å²) in [6, 6.07) is 16.3. The van der Waals surface area contributed by atoms with Crippen LogP contribution in [-0.2, 0) is 25.7 Å². The maximum atomic E-state index is 13.6. The van der Waals surface area contributed by atoms with Crippen molar-refractivity contribution >= 4 is 46.3 Å². The van der Waals surface area contributed by atoms with Crippen molar-refractivity contribution in [2.75, 3.05) is 26.2 Å². The highest BCUT2D eigenvalue weighted by molar-refractivity contribution is 8.16. The first kappa shape index (κ1) is 27.0. The number of benzene rings is 2. The molecule has 0 radical (unpaired) electrons. The molecule has 3 aliphatic heterocycles. The average molecular weight is 565 g/mol. The number of amides is 2. The van der Waals surface area contributed by atoms with Crippen LogP contribution in [0.25, 0.3) is 0 Å². The molecular formula is C29H29ClN4O4S. The van der Waals surface area contributed by atoms with Gasteiger partial charge in [-0.15, -0.1) is 0 Å². The Morgan fingerprint density at radius 3 is 2.36 bits per heavy atom. The third-order valence-corrected chi connectivity index (χ3v) is 8.28. The lowest BCUT2D eigenvalue weighted by Crippen LogP contribution is -2.50. The highest BCUT2D eigenvalue weighted by Crippen LogP contribution is 2.46. The van der Waals surface area contributed by atoms with Crippen molar-refractivity contribution in [2.24, 2.45) is 4.99 Å². The van der Waals surface area contributed by atoms with Gasteiger partial charge in [-0.3, -0.25) is 9.59 Å². The lowest BCUT2D eigenvalue weighted by atomic mass is 9.93. The van der Waals surface area contributed by atoms with Crippen molar-refractivity contribution in [1.29, 1.82) is 0 Å². The van der Waals surface area contributed by atoms with E-state index in [9.17, 15) is 14.4 Å². The second-order valence-corrected chi connectivity index (χ2v) is 10.8. The molecule has 2 aromatic carbocycles. The van der Waals surface area contributed by atoms with E-state index in [2.05, 4.69) is 0 Å². The zero-order chi connectivity index (χ0) is 27.5. The second-order valence-electron chi connectivity index (χ2n) is 9.54. The number of amidine groups is 1. The highest BCUT2D eigenvalue weighted by Gasteiger charge is 2.42. The summed E-state index contributed by atoms with van der Waals surface area (Å²) >= 11 is 8.10. The summed E-state index contributed by atoms with van der Waals surface area (Å²) in [5.74, 6) is -0.502. The van der Waals surface area contributed by atoms with Crippen molar-refractivity contribution in [3.8, 4) is 0 Å². The zero-order valence-corrected chi connectivity index (χ0v) is 23.4. The number of fused-ring (bicyclic) bond motifs is 1. The minimum Gasteiger partial charge on any atom is -0.457 e. The molecule has 10 heteroatoms. The lowest BCUT2D eigenvalue weighted by molar-refractivity contribution is -0.141. The van der Waals surface area contributed by atoms with Gasteiger partial charge >= 0.3 is 5.97 Å². The standard InChI is InChI=1S/C29H29ClN4O4S/c1-19-26(28(37)38-17-21-8-4-3-5-9-21)27(23-10-6-7-11-24(23)30)34-22(18-39-29(34)31-19)16-25(36)33-14-12-32(13-15-33)20(2)35/h3-11,18,27H,12-17H2,1-2H3. The van der Waals surface area contributed by atoms with Gasteiger partial charge in [0.05, 0.1) is 23.7 Å². The fourth-order valence-corrected chi connectivity index (χ4v) is 6.16. The third kappa shape index (κ3) is 5.74. The van der Waals surface area contributed by atoms with E-state index in [1.54, 1.807) is 29.7 Å². The van der Waals surface area contributed by atoms with Crippen LogP contribution in [0.1, 0.15) is 37.4 Å². The van der Waals surface area contributed by atoms with Crippen molar-refractivity contribution < 1.29 is 19.1 Å². The minimum absolute atomic E-state index is 0.0163. The molecule has 0 saturated carbocycles. The molecule has 3 aliphatic rings. The Morgan fingerprint density at radius 1 is 1.00 bits per heavy atom. The van der Waals surface area contributed by atoms with Gasteiger partial charge in [-0.1, -0.05) is 71.9 Å². The molecule has 1 saturated heterocycles. The molecule has 1 fully saturated rings. The van der Waals surface area contributed by atoms with E-state index in [1.165, 1.54) is 11.8 Å². The van der Waals surface area contributed by atoms with Gasteiger partial charge in [0.15, 0.2) is 5.17 Å². The number of hydrogen-bond donors (Lipinski definition) is 0. The molecule has 3 heterocycles. The van der Waals surface area contributed by atoms with E-state index in [1.807, 2.05) is 58.8 Å². The second kappa shape index (κ2) is 11.7. The summed E-state index contributed by atoms with van der Waals surface area (Å²) < 4.78 is 5.75. The van der Waals surface area contributed by atoms with E-state index in [0.29, 0.717) is 47.6 Å². The molecule has 5 rings (SSSR count). The summed E-state index contributed by atoms with van der Waals surface area (Å²) in [7, 11) is 0. The Labute approximate surface area is 236 Å². The molecule has 2 amide bonds. The van der Waals surface area contributed by atoms with Gasteiger partial charge in [0, 0.05) is 43.8 Å². The highest BCUT2D eigenvalue weighted by atomic mass is 35.5. The Hall–Kier alpha value is -3.56. The van der Waals surface area contributed by atoms with Crippen LogP contribution in [0.5, 0.6) is 0 Å². The SMILES string of the molecule is CC(=O)N1CCN(C(=O)CC2=CSC3=NC(C)=C(C(=O)OCc4ccccc4)C(c4ccccc4Cl)N23)CC1. The smallest absolute Gasteiger partial charge is 0.338 e. The van der Waals surface area contributed by atoms with Crippen molar-refractivity contribution in [3.63, 3.8) is 0 Å². The number of allylic oxidation sites excluding steroid dienone is 1. The number of carbonyl (C=O) groups excluding carboxylic acids is 3. The van der Waals surface area contributed by atoms with Crippen LogP contribution in [0, 0.1) is 0 Å². The average Bonchev–Trinajstić information content (AvgIpc) is 3.33. The number of thioether (sulfide) groups is 1. The third-order valence-electron chi connectivity index (χ3n) is 7.04. The van der Waals surface area contributed by atoms with Crippen LogP contribution in [0.4, 0.5) is 0 Å². The molecular weight excluding hydrogens is 536 g/mol. The molecule has 8 nitrogen and oxygen atoms in total. The van der Waals surface area contributed by atoms with Crippen molar-refractivity contribution in [3.05, 3.63) is 93.1 Å². The molecule has 0 aliphatic carbocycles. The van der Waals surface area contributed by atoms with Gasteiger partial charge < -0.3 is 19.4 Å². The van der Waals surface area contributed by atoms with Crippen LogP contribution >= 0.6 is 23.4 Å². The number of ether oxygens (including phenoxy) is 1. The van der Waals surface area contributed by atoms with E-state index in [4.69, 9.17) is 21.3 Å². The Balaban J connectivity index is 1.41. The van der Waals surface area contributed by atoms with E-state index in [0.717, 1.165) is 16.8 Å². The van der Waals surface area contributed by atoms with Gasteiger partial charge in [0.1, 0.15) is 6.61 Å². The van der Waals surface area contributed by atoms with Crippen LogP contribution in [0.3, 0.4) is 0 Å². The summed E-state index contributed by atoms with van der Waals surface area (Å²) in [6.07, 6.45) is 0.137. The predicted molar refractivity (Wildman–Crippen MR) is 152 cm³/mol. The van der Waals surface area contributed by atoms with Gasteiger partial charge in [0.25, 0.3) is 0 Å². The monoisotopic (exact) mass is 564 g/mol. The fourth-order valence-electron chi connectivity index (χ4n) is 4.96. The zero-order valence-electron chi connectivity index (χ0n) is 21.8. The van der Waals surface area contributed by atoms with Gasteiger partial charge in [0.2, 0.25) is 11.8 Å². The number of esters is 1. The molecule has 0 bridgehead atoms. The number of halogens is 1. The van der Waals surface area contributed by atoms with E-state index < -0.39 is 12.0 Å². The number of aliphatic imine (C=N–C) groups is 1. The predicted octanol–water partition coefficient (Wildman–Crippen LogP) is 4.74. The lowest BCUT2D eigenvalue weighted by Gasteiger charge is -2.38. The fraction of sp³-hybridized carbons (Fsp3) is 0.310. The number of hydrogen-bond acceptors (Lipinski definition) is 7. The van der Waals surface area contributed by atoms with E-state index >= 15 is 0 Å². The van der Waals surface area contributed by atoms with Gasteiger partial charge in [-0.25, -0.2) is 9.79 Å². The van der Waals surface area contributed by atoms with Crippen LogP contribution in [-0.4, -0.2) is 63.8 Å². The quantitative estimate of drug-likeness (QED) is 0.471. The molecule has 0 spiro atoms. The molecule has 2 aromatic rings. The first-order chi connectivity index (χ1) is 18.8. The number of rotatable bonds is 6. The number of carbonyl (C=O) groups is 3. The number of piperazine rings is 1. The Kier molecular flexibility index (Phi) is 8.09. The maximum Gasteiger partial charge on any atom is 0.338 e. The van der Waals surface area contributed by atoms with Gasteiger partial charge in [-0.2, -0.15) is 0 Å². The number of nitrogens with zero attached hydrogens (tertiary/aromatic N) is 4. The van der Waals surface area contributed by atoms with E-state index in [-0.39, 0.29) is 24.8 Å². The van der Waals surface area contributed by atoms with Gasteiger partial charge in [-0.05, 0) is 29.5 Å². The summed E-state index contributed by atoms with van der Waals surface area (Å²) in [5.41, 5.74) is 3.29. The van der Waals surface area contributed by atoms with Crippen molar-refractivity contribution in [1.82, 2.24) is 14.7 Å². The molecule has 202 valence electrons. The first-order valence-electron chi connectivity index (χ1n) is 12.8. The maximum absolute atomic E-state index is 13.6. The minimum atomic E-state index is -0.599. The normalized spacial score (nSPS) is 18.9. The molecule has 39 heavy (non-hydrogen) atoms. The molecule has 0 aromatic heterocycles. The largest absolute Gasteiger partial charge is 0.457 e. The topological polar surface area (TPSA) is 82.5 Å². The van der Waals surface area contributed by atoms with Crippen molar-refractivity contribution in [2.45, 2.75) is 32.9 Å². The van der Waals surface area contributed by atoms with Crippen LogP contribution in [0.2, 0.25) is 5.02 Å².